The number of nitrogens with one attached hydrogen (secondary N) is 1. The zero-order chi connectivity index (χ0) is 12.3. The molecule has 0 amide bonds. The maximum atomic E-state index is 11.6. The van der Waals surface area contributed by atoms with Gasteiger partial charge in [-0.2, -0.15) is 0 Å². The number of aromatic nitrogens is 2. The van der Waals surface area contributed by atoms with E-state index >= 15 is 0 Å². The monoisotopic (exact) mass is 238 g/mol. The van der Waals surface area contributed by atoms with Crippen LogP contribution in [0.2, 0.25) is 0 Å². The summed E-state index contributed by atoms with van der Waals surface area (Å²) in [7, 11) is 0. The molecule has 1 rings (SSSR count). The van der Waals surface area contributed by atoms with Crippen molar-refractivity contribution in [3.05, 3.63) is 32.6 Å². The Morgan fingerprint density at radius 1 is 1.44 bits per heavy atom. The number of rotatable bonds is 3. The van der Waals surface area contributed by atoms with Gasteiger partial charge in [-0.25, -0.2) is 4.79 Å². The van der Waals surface area contributed by atoms with E-state index in [1.807, 2.05) is 4.98 Å². The number of aryl methyl sites for hydroxylation is 1. The van der Waals surface area contributed by atoms with Crippen LogP contribution in [0.4, 0.5) is 13.2 Å². The molecule has 0 saturated carbocycles. The molecule has 0 aliphatic carbocycles. The Morgan fingerprint density at radius 3 is 2.62 bits per heavy atom. The zero-order valence-corrected chi connectivity index (χ0v) is 8.30. The van der Waals surface area contributed by atoms with Crippen molar-refractivity contribution < 1.29 is 17.9 Å². The smallest absolute Gasteiger partial charge is 0.298 e. The van der Waals surface area contributed by atoms with E-state index in [0.717, 1.165) is 4.57 Å². The average Bonchev–Trinajstić information content (AvgIpc) is 2.11. The lowest BCUT2D eigenvalue weighted by Gasteiger charge is -2.08. The molecule has 8 heteroatoms. The molecule has 1 heterocycles. The fourth-order valence-electron chi connectivity index (χ4n) is 1.04. The first-order valence-electron chi connectivity index (χ1n) is 4.30. The zero-order valence-electron chi connectivity index (χ0n) is 8.30. The van der Waals surface area contributed by atoms with E-state index in [0.29, 0.717) is 0 Å². The Balaban J connectivity index is 2.72. The van der Waals surface area contributed by atoms with Crippen LogP contribution >= 0.6 is 0 Å². The second-order valence-electron chi connectivity index (χ2n) is 3.06. The molecule has 0 bridgehead atoms. The van der Waals surface area contributed by atoms with Crippen LogP contribution in [0.5, 0.6) is 0 Å². The van der Waals surface area contributed by atoms with Crippen molar-refractivity contribution in [2.45, 2.75) is 19.8 Å². The summed E-state index contributed by atoms with van der Waals surface area (Å²) in [6, 6.07) is 0. The van der Waals surface area contributed by atoms with E-state index in [2.05, 4.69) is 4.74 Å². The van der Waals surface area contributed by atoms with E-state index in [1.165, 1.54) is 13.1 Å². The van der Waals surface area contributed by atoms with Crippen molar-refractivity contribution in [3.8, 4) is 0 Å². The Morgan fingerprint density at radius 2 is 2.06 bits per heavy atom. The van der Waals surface area contributed by atoms with Crippen LogP contribution < -0.4 is 11.2 Å². The van der Waals surface area contributed by atoms with Gasteiger partial charge in [-0.05, 0) is 6.92 Å². The molecule has 0 saturated heterocycles. The molecule has 0 atom stereocenters. The maximum Gasteiger partial charge on any atom is 0.522 e. The first kappa shape index (κ1) is 12.5. The maximum absolute atomic E-state index is 11.6. The highest BCUT2D eigenvalue weighted by Crippen LogP contribution is 2.15. The highest BCUT2D eigenvalue weighted by molar-refractivity contribution is 5.00. The molecule has 0 fully saturated rings. The molecule has 1 aromatic heterocycles. The molecule has 0 spiro atoms. The van der Waals surface area contributed by atoms with E-state index in [9.17, 15) is 22.8 Å². The van der Waals surface area contributed by atoms with Crippen LogP contribution in [0.1, 0.15) is 5.56 Å². The van der Waals surface area contributed by atoms with Gasteiger partial charge in [0.15, 0.2) is 0 Å². The van der Waals surface area contributed by atoms with Gasteiger partial charge in [0.25, 0.3) is 5.56 Å². The van der Waals surface area contributed by atoms with Crippen molar-refractivity contribution >= 4 is 0 Å². The van der Waals surface area contributed by atoms with Gasteiger partial charge in [-0.1, -0.05) is 0 Å². The molecule has 5 nitrogen and oxygen atoms in total. The largest absolute Gasteiger partial charge is 0.522 e. The molecule has 90 valence electrons. The summed E-state index contributed by atoms with van der Waals surface area (Å²) < 4.78 is 39.4. The lowest BCUT2D eigenvalue weighted by Crippen LogP contribution is -2.32. The van der Waals surface area contributed by atoms with Crippen molar-refractivity contribution in [2.75, 3.05) is 6.61 Å². The topological polar surface area (TPSA) is 64.1 Å². The van der Waals surface area contributed by atoms with Crippen LogP contribution in [-0.2, 0) is 11.3 Å². The van der Waals surface area contributed by atoms with Crippen molar-refractivity contribution in [1.29, 1.82) is 0 Å². The molecule has 0 radical (unpaired) electrons. The first-order valence-corrected chi connectivity index (χ1v) is 4.30. The summed E-state index contributed by atoms with van der Waals surface area (Å²) in [5.74, 6) is 0. The number of alkyl halides is 3. The normalized spacial score (nSPS) is 11.8. The summed E-state index contributed by atoms with van der Waals surface area (Å²) in [6.07, 6.45) is -3.54. The van der Waals surface area contributed by atoms with E-state index in [1.54, 1.807) is 0 Å². The van der Waals surface area contributed by atoms with Gasteiger partial charge in [0.05, 0.1) is 13.2 Å². The van der Waals surface area contributed by atoms with Crippen LogP contribution in [0.3, 0.4) is 0 Å². The Labute approximate surface area is 87.5 Å². The van der Waals surface area contributed by atoms with Crippen molar-refractivity contribution in [2.24, 2.45) is 0 Å². The summed E-state index contributed by atoms with van der Waals surface area (Å²) in [5.41, 5.74) is -1.08. The summed E-state index contributed by atoms with van der Waals surface area (Å²) >= 11 is 0. The molecule has 1 N–H and O–H groups in total. The van der Waals surface area contributed by atoms with Crippen LogP contribution in [0.25, 0.3) is 0 Å². The number of nitrogens with zero attached hydrogens (tertiary/aromatic N) is 1. The van der Waals surface area contributed by atoms with Gasteiger partial charge in [-0.3, -0.25) is 19.1 Å². The van der Waals surface area contributed by atoms with Crippen molar-refractivity contribution in [1.82, 2.24) is 9.55 Å². The average molecular weight is 238 g/mol. The minimum absolute atomic E-state index is 0.242. The Hall–Kier alpha value is -1.57. The van der Waals surface area contributed by atoms with Gasteiger partial charge in [0.2, 0.25) is 0 Å². The number of hydrogen-bond acceptors (Lipinski definition) is 3. The summed E-state index contributed by atoms with van der Waals surface area (Å²) in [4.78, 5) is 24.0. The quantitative estimate of drug-likeness (QED) is 0.828. The predicted molar refractivity (Wildman–Crippen MR) is 48.1 cm³/mol. The van der Waals surface area contributed by atoms with Crippen molar-refractivity contribution in [3.63, 3.8) is 0 Å². The molecule has 16 heavy (non-hydrogen) atoms. The fourth-order valence-corrected chi connectivity index (χ4v) is 1.04. The van der Waals surface area contributed by atoms with Crippen LogP contribution in [0.15, 0.2) is 15.8 Å². The van der Waals surface area contributed by atoms with Crippen LogP contribution in [-0.4, -0.2) is 22.5 Å². The number of aromatic amines is 1. The van der Waals surface area contributed by atoms with E-state index < -0.39 is 24.2 Å². The third-order valence-corrected chi connectivity index (χ3v) is 1.79. The van der Waals surface area contributed by atoms with Crippen LogP contribution in [0, 0.1) is 6.92 Å². The van der Waals surface area contributed by atoms with E-state index in [-0.39, 0.29) is 12.1 Å². The molecule has 0 unspecified atom stereocenters. The minimum Gasteiger partial charge on any atom is -0.298 e. The van der Waals surface area contributed by atoms with Gasteiger partial charge in [0.1, 0.15) is 0 Å². The second kappa shape index (κ2) is 4.52. The SMILES string of the molecule is Cc1cn(CCOC(F)(F)F)c(=O)[nH]c1=O. The number of ether oxygens (including phenoxy) is 1. The summed E-state index contributed by atoms with van der Waals surface area (Å²) in [6.45, 7) is 0.476. The highest BCUT2D eigenvalue weighted by Gasteiger charge is 2.28. The Bertz CT molecular complexity index is 475. The lowest BCUT2D eigenvalue weighted by molar-refractivity contribution is -0.325. The molecule has 0 aliphatic rings. The van der Waals surface area contributed by atoms with Gasteiger partial charge >= 0.3 is 12.1 Å². The third-order valence-electron chi connectivity index (χ3n) is 1.79. The number of halogens is 3. The summed E-state index contributed by atoms with van der Waals surface area (Å²) in [5, 5.41) is 0. The molecule has 0 aromatic carbocycles. The van der Waals surface area contributed by atoms with Gasteiger partial charge in [0, 0.05) is 11.8 Å². The number of H-pyrrole nitrogens is 1. The first-order chi connectivity index (χ1) is 7.29. The minimum atomic E-state index is -4.72. The predicted octanol–water partition coefficient (Wildman–Crippen LogP) is 0.381. The fraction of sp³-hybridized carbons (Fsp3) is 0.500. The third kappa shape index (κ3) is 3.54. The Kier molecular flexibility index (Phi) is 3.53. The molecule has 1 aromatic rings. The molecular formula is C8H9F3N2O3. The van der Waals surface area contributed by atoms with Gasteiger partial charge in [-0.15, -0.1) is 13.2 Å². The molecule has 0 aliphatic heterocycles. The van der Waals surface area contributed by atoms with Gasteiger partial charge < -0.3 is 0 Å². The number of hydrogen-bond donors (Lipinski definition) is 1. The molecular weight excluding hydrogens is 229 g/mol. The van der Waals surface area contributed by atoms with E-state index in [4.69, 9.17) is 0 Å². The second-order valence-corrected chi connectivity index (χ2v) is 3.06. The highest BCUT2D eigenvalue weighted by atomic mass is 19.4. The lowest BCUT2D eigenvalue weighted by atomic mass is 10.4. The standard InChI is InChI=1S/C8H9F3N2O3/c1-5-4-13(7(15)12-6(5)14)2-3-16-8(9,10)11/h4H,2-3H2,1H3,(H,12,14,15).